The average Bonchev–Trinajstić information content (AvgIpc) is 2.53. The third-order valence-corrected chi connectivity index (χ3v) is 3.67. The zero-order chi connectivity index (χ0) is 12.0. The lowest BCUT2D eigenvalue weighted by molar-refractivity contribution is 0.142. The molecule has 0 aromatic carbocycles. The van der Waals surface area contributed by atoms with Crippen LogP contribution in [0.5, 0.6) is 0 Å². The lowest BCUT2D eigenvalue weighted by atomic mass is 10.1. The van der Waals surface area contributed by atoms with Gasteiger partial charge in [-0.2, -0.15) is 0 Å². The van der Waals surface area contributed by atoms with Crippen LogP contribution in [0.4, 0.5) is 0 Å². The van der Waals surface area contributed by atoms with E-state index in [0.717, 1.165) is 38.2 Å². The highest BCUT2D eigenvalue weighted by Gasteiger charge is 2.08. The molecule has 1 aromatic heterocycles. The van der Waals surface area contributed by atoms with E-state index in [2.05, 4.69) is 18.8 Å². The summed E-state index contributed by atoms with van der Waals surface area (Å²) in [5.41, 5.74) is 7.20. The van der Waals surface area contributed by atoms with E-state index in [0.29, 0.717) is 0 Å². The molecule has 4 heteroatoms. The Hall–Kier alpha value is -0.450. The standard InChI is InChI=1S/C12H22N2OS/c1-4-15-7-5-6-11(13)8-12-14-9(2)10(3)16-12/h11H,4-8,13H2,1-3H3. The third kappa shape index (κ3) is 4.60. The molecule has 1 atom stereocenters. The van der Waals surface area contributed by atoms with Gasteiger partial charge in [0.25, 0.3) is 0 Å². The van der Waals surface area contributed by atoms with Gasteiger partial charge < -0.3 is 10.5 Å². The van der Waals surface area contributed by atoms with Gasteiger partial charge in [0.05, 0.1) is 10.7 Å². The van der Waals surface area contributed by atoms with E-state index in [1.807, 2.05) is 6.92 Å². The van der Waals surface area contributed by atoms with Crippen LogP contribution in [0, 0.1) is 13.8 Å². The second-order valence-corrected chi connectivity index (χ2v) is 5.34. The minimum Gasteiger partial charge on any atom is -0.382 e. The van der Waals surface area contributed by atoms with E-state index in [1.165, 1.54) is 9.88 Å². The summed E-state index contributed by atoms with van der Waals surface area (Å²) in [5.74, 6) is 0. The molecular weight excluding hydrogens is 220 g/mol. The highest BCUT2D eigenvalue weighted by atomic mass is 32.1. The Labute approximate surface area is 102 Å². The van der Waals surface area contributed by atoms with Gasteiger partial charge in [-0.25, -0.2) is 4.98 Å². The third-order valence-electron chi connectivity index (χ3n) is 2.58. The van der Waals surface area contributed by atoms with Gasteiger partial charge in [0.15, 0.2) is 0 Å². The van der Waals surface area contributed by atoms with Gasteiger partial charge in [0.2, 0.25) is 0 Å². The van der Waals surface area contributed by atoms with Crippen molar-refractivity contribution in [1.29, 1.82) is 0 Å². The molecule has 0 aliphatic heterocycles. The number of hydrogen-bond acceptors (Lipinski definition) is 4. The van der Waals surface area contributed by atoms with Gasteiger partial charge in [0, 0.05) is 30.6 Å². The van der Waals surface area contributed by atoms with E-state index in [9.17, 15) is 0 Å². The molecule has 1 rings (SSSR count). The lowest BCUT2D eigenvalue weighted by Gasteiger charge is -2.09. The maximum absolute atomic E-state index is 6.06. The Morgan fingerprint density at radius 2 is 2.19 bits per heavy atom. The van der Waals surface area contributed by atoms with Crippen LogP contribution in [0.15, 0.2) is 0 Å². The first kappa shape index (κ1) is 13.6. The fourth-order valence-corrected chi connectivity index (χ4v) is 2.57. The highest BCUT2D eigenvalue weighted by Crippen LogP contribution is 2.18. The molecule has 0 spiro atoms. The van der Waals surface area contributed by atoms with Crippen molar-refractivity contribution in [2.45, 2.75) is 46.1 Å². The molecule has 1 unspecified atom stereocenters. The van der Waals surface area contributed by atoms with Gasteiger partial charge in [-0.05, 0) is 33.6 Å². The Morgan fingerprint density at radius 1 is 1.44 bits per heavy atom. The average molecular weight is 242 g/mol. The molecule has 0 amide bonds. The van der Waals surface area contributed by atoms with Crippen LogP contribution >= 0.6 is 11.3 Å². The Bertz CT molecular complexity index is 292. The minimum atomic E-state index is 0.213. The zero-order valence-corrected chi connectivity index (χ0v) is 11.3. The maximum atomic E-state index is 6.06. The van der Waals surface area contributed by atoms with Crippen molar-refractivity contribution in [2.75, 3.05) is 13.2 Å². The van der Waals surface area contributed by atoms with Crippen LogP contribution in [0.3, 0.4) is 0 Å². The molecule has 0 radical (unpaired) electrons. The monoisotopic (exact) mass is 242 g/mol. The highest BCUT2D eigenvalue weighted by molar-refractivity contribution is 7.11. The van der Waals surface area contributed by atoms with E-state index >= 15 is 0 Å². The van der Waals surface area contributed by atoms with Gasteiger partial charge in [0.1, 0.15) is 0 Å². The molecule has 0 saturated carbocycles. The number of aryl methyl sites for hydroxylation is 2. The van der Waals surface area contributed by atoms with Crippen LogP contribution < -0.4 is 5.73 Å². The SMILES string of the molecule is CCOCCCC(N)Cc1nc(C)c(C)s1. The molecule has 1 heterocycles. The van der Waals surface area contributed by atoms with E-state index < -0.39 is 0 Å². The Morgan fingerprint density at radius 3 is 2.75 bits per heavy atom. The predicted molar refractivity (Wildman–Crippen MR) is 69.0 cm³/mol. The molecule has 2 N–H and O–H groups in total. The number of hydrogen-bond donors (Lipinski definition) is 1. The molecule has 0 fully saturated rings. The summed E-state index contributed by atoms with van der Waals surface area (Å²) >= 11 is 1.76. The number of nitrogens with two attached hydrogens (primary N) is 1. The minimum absolute atomic E-state index is 0.213. The first-order chi connectivity index (χ1) is 7.63. The van der Waals surface area contributed by atoms with Crippen molar-refractivity contribution < 1.29 is 4.74 Å². The summed E-state index contributed by atoms with van der Waals surface area (Å²) in [6.45, 7) is 7.79. The van der Waals surface area contributed by atoms with Gasteiger partial charge >= 0.3 is 0 Å². The lowest BCUT2D eigenvalue weighted by Crippen LogP contribution is -2.23. The van der Waals surface area contributed by atoms with Crippen LogP contribution in [0.25, 0.3) is 0 Å². The van der Waals surface area contributed by atoms with Crippen LogP contribution in [0.1, 0.15) is 35.3 Å². The molecule has 0 saturated heterocycles. The van der Waals surface area contributed by atoms with E-state index in [-0.39, 0.29) is 6.04 Å². The Kier molecular flexibility index (Phi) is 5.95. The van der Waals surface area contributed by atoms with Crippen molar-refractivity contribution in [3.8, 4) is 0 Å². The number of aromatic nitrogens is 1. The molecule has 92 valence electrons. The van der Waals surface area contributed by atoms with Gasteiger partial charge in [-0.15, -0.1) is 11.3 Å². The Balaban J connectivity index is 2.25. The summed E-state index contributed by atoms with van der Waals surface area (Å²) in [6, 6.07) is 0.213. The first-order valence-corrected chi connectivity index (χ1v) is 6.71. The summed E-state index contributed by atoms with van der Waals surface area (Å²) in [4.78, 5) is 5.80. The topological polar surface area (TPSA) is 48.1 Å². The van der Waals surface area contributed by atoms with Crippen molar-refractivity contribution in [2.24, 2.45) is 5.73 Å². The van der Waals surface area contributed by atoms with Crippen molar-refractivity contribution >= 4 is 11.3 Å². The second kappa shape index (κ2) is 6.99. The van der Waals surface area contributed by atoms with E-state index in [4.69, 9.17) is 10.5 Å². The molecule has 0 bridgehead atoms. The largest absolute Gasteiger partial charge is 0.382 e. The summed E-state index contributed by atoms with van der Waals surface area (Å²) in [5, 5.41) is 1.17. The smallest absolute Gasteiger partial charge is 0.0946 e. The maximum Gasteiger partial charge on any atom is 0.0946 e. The van der Waals surface area contributed by atoms with Crippen LogP contribution in [-0.2, 0) is 11.2 Å². The molecular formula is C12H22N2OS. The zero-order valence-electron chi connectivity index (χ0n) is 10.5. The molecule has 3 nitrogen and oxygen atoms in total. The van der Waals surface area contributed by atoms with Crippen molar-refractivity contribution in [3.63, 3.8) is 0 Å². The van der Waals surface area contributed by atoms with Crippen LogP contribution in [0.2, 0.25) is 0 Å². The molecule has 0 aliphatic rings. The quantitative estimate of drug-likeness (QED) is 0.747. The molecule has 0 aliphatic carbocycles. The fraction of sp³-hybridized carbons (Fsp3) is 0.750. The molecule has 16 heavy (non-hydrogen) atoms. The second-order valence-electron chi connectivity index (χ2n) is 4.05. The number of thiazole rings is 1. The molecule has 1 aromatic rings. The number of ether oxygens (including phenoxy) is 1. The number of nitrogens with zero attached hydrogens (tertiary/aromatic N) is 1. The van der Waals surface area contributed by atoms with Gasteiger partial charge in [-0.1, -0.05) is 0 Å². The normalized spacial score (nSPS) is 13.0. The van der Waals surface area contributed by atoms with Crippen LogP contribution in [-0.4, -0.2) is 24.2 Å². The summed E-state index contributed by atoms with van der Waals surface area (Å²) in [7, 11) is 0. The first-order valence-electron chi connectivity index (χ1n) is 5.89. The predicted octanol–water partition coefficient (Wildman–Crippen LogP) is 2.45. The number of rotatable bonds is 7. The summed E-state index contributed by atoms with van der Waals surface area (Å²) in [6.07, 6.45) is 2.95. The van der Waals surface area contributed by atoms with E-state index in [1.54, 1.807) is 11.3 Å². The van der Waals surface area contributed by atoms with Gasteiger partial charge in [-0.3, -0.25) is 0 Å². The summed E-state index contributed by atoms with van der Waals surface area (Å²) < 4.78 is 5.29. The van der Waals surface area contributed by atoms with Crippen molar-refractivity contribution in [1.82, 2.24) is 4.98 Å². The fourth-order valence-electron chi connectivity index (χ4n) is 1.54. The van der Waals surface area contributed by atoms with Crippen molar-refractivity contribution in [3.05, 3.63) is 15.6 Å².